The summed E-state index contributed by atoms with van der Waals surface area (Å²) in [5.74, 6) is 0.850. The van der Waals surface area contributed by atoms with Gasteiger partial charge in [-0.25, -0.2) is 0 Å². The number of rotatable bonds is 8. The Morgan fingerprint density at radius 2 is 1.70 bits per heavy atom. The maximum atomic E-state index is 3.79. The van der Waals surface area contributed by atoms with Crippen molar-refractivity contribution < 1.29 is 0 Å². The Kier molecular flexibility index (Phi) is 6.83. The molecular formula is C18H36N2. The Bertz CT molecular complexity index is 250. The van der Waals surface area contributed by atoms with E-state index < -0.39 is 0 Å². The van der Waals surface area contributed by atoms with Gasteiger partial charge in [-0.05, 0) is 76.0 Å². The maximum Gasteiger partial charge on any atom is 0.000791 e. The molecule has 0 aromatic heterocycles. The van der Waals surface area contributed by atoms with E-state index in [1.54, 1.807) is 0 Å². The van der Waals surface area contributed by atoms with E-state index in [4.69, 9.17) is 0 Å². The van der Waals surface area contributed by atoms with Gasteiger partial charge in [-0.1, -0.05) is 33.1 Å². The first-order valence-corrected chi connectivity index (χ1v) is 9.13. The van der Waals surface area contributed by atoms with Crippen molar-refractivity contribution in [2.24, 2.45) is 11.3 Å². The van der Waals surface area contributed by atoms with E-state index in [2.05, 4.69) is 24.1 Å². The second kappa shape index (κ2) is 8.38. The molecule has 2 nitrogen and oxygen atoms in total. The van der Waals surface area contributed by atoms with Crippen molar-refractivity contribution in [3.8, 4) is 0 Å². The predicted molar refractivity (Wildman–Crippen MR) is 88.1 cm³/mol. The van der Waals surface area contributed by atoms with Gasteiger partial charge >= 0.3 is 0 Å². The molecule has 1 heterocycles. The van der Waals surface area contributed by atoms with Gasteiger partial charge in [-0.15, -0.1) is 0 Å². The smallest absolute Gasteiger partial charge is 0.000791 e. The summed E-state index contributed by atoms with van der Waals surface area (Å²) in [6.07, 6.45) is 12.9. The zero-order chi connectivity index (χ0) is 14.3. The predicted octanol–water partition coefficient (Wildman–Crippen LogP) is 4.06. The molecule has 0 unspecified atom stereocenters. The van der Waals surface area contributed by atoms with E-state index in [9.17, 15) is 0 Å². The first kappa shape index (κ1) is 16.3. The van der Waals surface area contributed by atoms with Crippen molar-refractivity contribution in [3.05, 3.63) is 0 Å². The molecule has 0 aromatic rings. The van der Waals surface area contributed by atoms with Crippen molar-refractivity contribution in [3.63, 3.8) is 0 Å². The maximum absolute atomic E-state index is 3.79. The number of hydrogen-bond acceptors (Lipinski definition) is 2. The van der Waals surface area contributed by atoms with Crippen LogP contribution in [0.2, 0.25) is 0 Å². The first-order valence-electron chi connectivity index (χ1n) is 9.13. The molecule has 0 spiro atoms. The summed E-state index contributed by atoms with van der Waals surface area (Å²) in [6.45, 7) is 11.3. The van der Waals surface area contributed by atoms with Crippen molar-refractivity contribution in [1.29, 1.82) is 0 Å². The minimum atomic E-state index is 0.638. The third kappa shape index (κ3) is 5.37. The zero-order valence-corrected chi connectivity index (χ0v) is 13.9. The standard InChI is InChI=1S/C18H36N2/c1-17(2)15-18(9-4-5-10-18)16-19-11-8-14-20-12-6-3-7-13-20/h17,19H,3-16H2,1-2H3. The Balaban J connectivity index is 1.58. The molecule has 2 heteroatoms. The fraction of sp³-hybridized carbons (Fsp3) is 1.00. The molecular weight excluding hydrogens is 244 g/mol. The lowest BCUT2D eigenvalue weighted by Gasteiger charge is -2.31. The molecule has 0 radical (unpaired) electrons. The number of nitrogens with one attached hydrogen (secondary N) is 1. The largest absolute Gasteiger partial charge is 0.316 e. The molecule has 2 aliphatic rings. The average molecular weight is 280 g/mol. The molecule has 0 aromatic carbocycles. The SMILES string of the molecule is CC(C)CC1(CNCCCN2CCCCC2)CCCC1. The summed E-state index contributed by atoms with van der Waals surface area (Å²) in [6, 6.07) is 0. The van der Waals surface area contributed by atoms with Gasteiger partial charge in [0.15, 0.2) is 0 Å². The summed E-state index contributed by atoms with van der Waals surface area (Å²) in [4.78, 5) is 2.66. The van der Waals surface area contributed by atoms with Crippen LogP contribution in [0.5, 0.6) is 0 Å². The van der Waals surface area contributed by atoms with Gasteiger partial charge in [0.1, 0.15) is 0 Å². The highest BCUT2D eigenvalue weighted by molar-refractivity contribution is 4.87. The highest BCUT2D eigenvalue weighted by Crippen LogP contribution is 2.42. The third-order valence-electron chi connectivity index (χ3n) is 5.28. The minimum absolute atomic E-state index is 0.638. The third-order valence-corrected chi connectivity index (χ3v) is 5.28. The Morgan fingerprint density at radius 1 is 1.00 bits per heavy atom. The van der Waals surface area contributed by atoms with Crippen LogP contribution in [-0.4, -0.2) is 37.6 Å². The van der Waals surface area contributed by atoms with Gasteiger partial charge in [0, 0.05) is 6.54 Å². The molecule has 0 bridgehead atoms. The van der Waals surface area contributed by atoms with Gasteiger partial charge in [-0.2, -0.15) is 0 Å². The number of nitrogens with zero attached hydrogens (tertiary/aromatic N) is 1. The van der Waals surface area contributed by atoms with Crippen LogP contribution in [0.4, 0.5) is 0 Å². The lowest BCUT2D eigenvalue weighted by atomic mass is 9.78. The summed E-state index contributed by atoms with van der Waals surface area (Å²) in [7, 11) is 0. The van der Waals surface area contributed by atoms with Crippen LogP contribution in [0.25, 0.3) is 0 Å². The van der Waals surface area contributed by atoms with Crippen LogP contribution < -0.4 is 5.32 Å². The van der Waals surface area contributed by atoms with Crippen molar-refractivity contribution in [1.82, 2.24) is 10.2 Å². The van der Waals surface area contributed by atoms with Crippen LogP contribution in [0.1, 0.15) is 71.6 Å². The van der Waals surface area contributed by atoms with Crippen LogP contribution in [0.3, 0.4) is 0 Å². The first-order chi connectivity index (χ1) is 9.70. The van der Waals surface area contributed by atoms with Gasteiger partial charge in [0.25, 0.3) is 0 Å². The Labute approximate surface area is 126 Å². The molecule has 0 amide bonds. The topological polar surface area (TPSA) is 15.3 Å². The molecule has 118 valence electrons. The molecule has 1 aliphatic heterocycles. The van der Waals surface area contributed by atoms with Crippen molar-refractivity contribution in [2.75, 3.05) is 32.7 Å². The van der Waals surface area contributed by atoms with E-state index >= 15 is 0 Å². The number of likely N-dealkylation sites (tertiary alicyclic amines) is 1. The van der Waals surface area contributed by atoms with Crippen LogP contribution in [0, 0.1) is 11.3 Å². The molecule has 2 fully saturated rings. The second-order valence-electron chi connectivity index (χ2n) is 7.74. The van der Waals surface area contributed by atoms with Crippen LogP contribution in [-0.2, 0) is 0 Å². The lowest BCUT2D eigenvalue weighted by molar-refractivity contribution is 0.211. The minimum Gasteiger partial charge on any atom is -0.316 e. The number of piperidine rings is 1. The van der Waals surface area contributed by atoms with Gasteiger partial charge in [0.05, 0.1) is 0 Å². The zero-order valence-electron chi connectivity index (χ0n) is 13.9. The molecule has 1 saturated heterocycles. The molecule has 0 atom stereocenters. The molecule has 1 saturated carbocycles. The van der Waals surface area contributed by atoms with Gasteiger partial charge < -0.3 is 10.2 Å². The highest BCUT2D eigenvalue weighted by Gasteiger charge is 2.33. The van der Waals surface area contributed by atoms with E-state index in [0.717, 1.165) is 5.92 Å². The second-order valence-corrected chi connectivity index (χ2v) is 7.74. The summed E-state index contributed by atoms with van der Waals surface area (Å²) in [5.41, 5.74) is 0.638. The summed E-state index contributed by atoms with van der Waals surface area (Å²) < 4.78 is 0. The Morgan fingerprint density at radius 3 is 2.35 bits per heavy atom. The van der Waals surface area contributed by atoms with E-state index in [0.29, 0.717) is 5.41 Å². The van der Waals surface area contributed by atoms with Crippen molar-refractivity contribution >= 4 is 0 Å². The molecule has 1 N–H and O–H groups in total. The summed E-state index contributed by atoms with van der Waals surface area (Å²) >= 11 is 0. The number of hydrogen-bond donors (Lipinski definition) is 1. The molecule has 1 aliphatic carbocycles. The lowest BCUT2D eigenvalue weighted by Crippen LogP contribution is -2.36. The van der Waals surface area contributed by atoms with Crippen LogP contribution in [0.15, 0.2) is 0 Å². The summed E-state index contributed by atoms with van der Waals surface area (Å²) in [5, 5.41) is 3.79. The Hall–Kier alpha value is -0.0800. The average Bonchev–Trinajstić information content (AvgIpc) is 2.87. The van der Waals surface area contributed by atoms with Gasteiger partial charge in [0.2, 0.25) is 0 Å². The van der Waals surface area contributed by atoms with Crippen LogP contribution >= 0.6 is 0 Å². The van der Waals surface area contributed by atoms with E-state index in [1.807, 2.05) is 0 Å². The van der Waals surface area contributed by atoms with E-state index in [1.165, 1.54) is 90.5 Å². The monoisotopic (exact) mass is 280 g/mol. The normalized spacial score (nSPS) is 23.6. The fourth-order valence-electron chi connectivity index (χ4n) is 4.41. The van der Waals surface area contributed by atoms with Gasteiger partial charge in [-0.3, -0.25) is 0 Å². The van der Waals surface area contributed by atoms with Crippen molar-refractivity contribution in [2.45, 2.75) is 71.6 Å². The molecule has 20 heavy (non-hydrogen) atoms. The molecule has 2 rings (SSSR count). The fourth-order valence-corrected chi connectivity index (χ4v) is 4.41. The highest BCUT2D eigenvalue weighted by atomic mass is 15.1. The van der Waals surface area contributed by atoms with E-state index in [-0.39, 0.29) is 0 Å². The quantitative estimate of drug-likeness (QED) is 0.675.